The molecule has 5 heteroatoms. The summed E-state index contributed by atoms with van der Waals surface area (Å²) in [5.41, 5.74) is 0.832. The van der Waals surface area contributed by atoms with Crippen molar-refractivity contribution >= 4 is 10.1 Å². The molecule has 4 aliphatic carbocycles. The van der Waals surface area contributed by atoms with Crippen molar-refractivity contribution in [3.05, 3.63) is 0 Å². The lowest BCUT2D eigenvalue weighted by Gasteiger charge is -2.61. The minimum atomic E-state index is -3.84. The van der Waals surface area contributed by atoms with Crippen LogP contribution in [0.1, 0.15) is 91.4 Å². The molecule has 0 radical (unpaired) electrons. The summed E-state index contributed by atoms with van der Waals surface area (Å²) in [5.74, 6) is 4.34. The Morgan fingerprint density at radius 3 is 2.38 bits per heavy atom. The molecule has 4 unspecified atom stereocenters. The molecule has 0 saturated heterocycles. The average Bonchev–Trinajstić information content (AvgIpc) is 2.98. The molecule has 0 spiro atoms. The van der Waals surface area contributed by atoms with Crippen LogP contribution in [0.15, 0.2) is 0 Å². The first-order valence-corrected chi connectivity index (χ1v) is 13.8. The third kappa shape index (κ3) is 3.93. The zero-order valence-electron chi connectivity index (χ0n) is 18.6. The van der Waals surface area contributed by atoms with Gasteiger partial charge in [0.25, 0.3) is 10.1 Å². The zero-order chi connectivity index (χ0) is 21.0. The van der Waals surface area contributed by atoms with Crippen molar-refractivity contribution in [2.24, 2.45) is 46.3 Å². The Morgan fingerprint density at radius 1 is 0.966 bits per heavy atom. The second kappa shape index (κ2) is 7.78. The van der Waals surface area contributed by atoms with E-state index in [4.69, 9.17) is 4.55 Å². The number of rotatable bonds is 5. The zero-order valence-corrected chi connectivity index (χ0v) is 19.5. The molecule has 0 bridgehead atoms. The van der Waals surface area contributed by atoms with Crippen LogP contribution in [0.2, 0.25) is 0 Å². The number of aliphatic hydroxyl groups is 1. The van der Waals surface area contributed by atoms with E-state index in [0.29, 0.717) is 35.0 Å². The van der Waals surface area contributed by atoms with E-state index in [9.17, 15) is 13.5 Å². The summed E-state index contributed by atoms with van der Waals surface area (Å²) >= 11 is 0. The van der Waals surface area contributed by atoms with Gasteiger partial charge >= 0.3 is 0 Å². The molecule has 9 atom stereocenters. The fourth-order valence-corrected chi connectivity index (χ4v) is 9.53. The molecule has 0 aromatic rings. The smallest absolute Gasteiger partial charge is 0.264 e. The van der Waals surface area contributed by atoms with Gasteiger partial charge in [-0.3, -0.25) is 4.55 Å². The van der Waals surface area contributed by atoms with Gasteiger partial charge in [-0.25, -0.2) is 0 Å². The second-order valence-corrected chi connectivity index (χ2v) is 13.3. The Hall–Kier alpha value is -0.130. The van der Waals surface area contributed by atoms with Crippen LogP contribution >= 0.6 is 0 Å². The maximum atomic E-state index is 11.1. The van der Waals surface area contributed by atoms with Gasteiger partial charge in [0.05, 0.1) is 11.9 Å². The van der Waals surface area contributed by atoms with Crippen molar-refractivity contribution in [3.63, 3.8) is 0 Å². The first-order valence-electron chi connectivity index (χ1n) is 12.2. The van der Waals surface area contributed by atoms with E-state index in [1.807, 2.05) is 0 Å². The van der Waals surface area contributed by atoms with E-state index in [1.165, 1.54) is 44.9 Å². The van der Waals surface area contributed by atoms with Gasteiger partial charge in [-0.15, -0.1) is 0 Å². The van der Waals surface area contributed by atoms with Gasteiger partial charge in [-0.2, -0.15) is 8.42 Å². The topological polar surface area (TPSA) is 74.6 Å². The van der Waals surface area contributed by atoms with Crippen molar-refractivity contribution < 1.29 is 18.1 Å². The lowest BCUT2D eigenvalue weighted by Crippen LogP contribution is -2.54. The summed E-state index contributed by atoms with van der Waals surface area (Å²) in [6.45, 7) is 7.41. The fourth-order valence-electron chi connectivity index (χ4n) is 9.00. The monoisotopic (exact) mass is 426 g/mol. The van der Waals surface area contributed by atoms with Gasteiger partial charge in [0.15, 0.2) is 0 Å². The van der Waals surface area contributed by atoms with Crippen LogP contribution < -0.4 is 0 Å². The summed E-state index contributed by atoms with van der Waals surface area (Å²) in [4.78, 5) is 0. The molecular formula is C24H42O4S. The third-order valence-corrected chi connectivity index (χ3v) is 11.3. The highest BCUT2D eigenvalue weighted by Crippen LogP contribution is 2.68. The van der Waals surface area contributed by atoms with E-state index < -0.39 is 10.1 Å². The highest BCUT2D eigenvalue weighted by molar-refractivity contribution is 7.85. The Morgan fingerprint density at radius 2 is 1.66 bits per heavy atom. The van der Waals surface area contributed by atoms with Gasteiger partial charge in [0.2, 0.25) is 0 Å². The molecule has 168 valence electrons. The van der Waals surface area contributed by atoms with Crippen molar-refractivity contribution in [3.8, 4) is 0 Å². The van der Waals surface area contributed by atoms with E-state index >= 15 is 0 Å². The highest BCUT2D eigenvalue weighted by atomic mass is 32.2. The number of hydrogen-bond acceptors (Lipinski definition) is 3. The van der Waals surface area contributed by atoms with Crippen LogP contribution in [-0.2, 0) is 10.1 Å². The second-order valence-electron chi connectivity index (χ2n) is 11.7. The molecule has 4 fully saturated rings. The number of aliphatic hydroxyl groups excluding tert-OH is 1. The van der Waals surface area contributed by atoms with Crippen LogP contribution in [0.3, 0.4) is 0 Å². The minimum Gasteiger partial charge on any atom is -0.393 e. The fraction of sp³-hybridized carbons (Fsp3) is 1.00. The molecule has 0 aromatic carbocycles. The van der Waals surface area contributed by atoms with Gasteiger partial charge in [0, 0.05) is 0 Å². The molecule has 4 saturated carbocycles. The molecule has 4 rings (SSSR count). The lowest BCUT2D eigenvalue weighted by atomic mass is 9.44. The van der Waals surface area contributed by atoms with Crippen LogP contribution in [0.4, 0.5) is 0 Å². The van der Waals surface area contributed by atoms with Crippen LogP contribution in [0.5, 0.6) is 0 Å². The maximum Gasteiger partial charge on any atom is 0.264 e. The summed E-state index contributed by atoms with van der Waals surface area (Å²) in [6, 6.07) is 0. The molecule has 4 nitrogen and oxygen atoms in total. The third-order valence-electron chi connectivity index (χ3n) is 10.5. The molecule has 29 heavy (non-hydrogen) atoms. The van der Waals surface area contributed by atoms with Gasteiger partial charge in [0.1, 0.15) is 0 Å². The minimum absolute atomic E-state index is 0.0714. The standard InChI is InChI=1S/C24H42O4S/c1-16(5-4-14-29(26,27)28)20-8-9-21-19-7-6-17-15-18(25)10-12-23(17,2)22(19)11-13-24(20,21)3/h16-22,25H,4-15H2,1-3H3,(H,26,27,28)/t16-,17+,18+,19?,20?,21?,22?,23+,24-/m1/s1. The molecule has 2 N–H and O–H groups in total. The molecule has 0 heterocycles. The van der Waals surface area contributed by atoms with Crippen molar-refractivity contribution in [2.75, 3.05) is 5.75 Å². The Labute approximate surface area is 178 Å². The number of hydrogen-bond donors (Lipinski definition) is 2. The van der Waals surface area contributed by atoms with Crippen molar-refractivity contribution in [1.29, 1.82) is 0 Å². The summed E-state index contributed by atoms with van der Waals surface area (Å²) < 4.78 is 31.2. The first kappa shape index (κ1) is 22.1. The molecule has 0 aromatic heterocycles. The predicted octanol–water partition coefficient (Wildman–Crippen LogP) is 5.31. The highest BCUT2D eigenvalue weighted by Gasteiger charge is 2.60. The average molecular weight is 427 g/mol. The van der Waals surface area contributed by atoms with E-state index in [2.05, 4.69) is 20.8 Å². The van der Waals surface area contributed by atoms with E-state index in [0.717, 1.165) is 37.0 Å². The first-order chi connectivity index (χ1) is 13.5. The molecule has 4 aliphatic rings. The van der Waals surface area contributed by atoms with E-state index in [1.54, 1.807) is 0 Å². The van der Waals surface area contributed by atoms with Crippen LogP contribution in [-0.4, -0.2) is 29.9 Å². The lowest BCUT2D eigenvalue weighted by molar-refractivity contribution is -0.129. The normalized spacial score (nSPS) is 48.4. The van der Waals surface area contributed by atoms with Crippen molar-refractivity contribution in [2.45, 2.75) is 97.5 Å². The van der Waals surface area contributed by atoms with E-state index in [-0.39, 0.29) is 11.9 Å². The molecule has 0 amide bonds. The molecule has 0 aliphatic heterocycles. The Bertz CT molecular complexity index is 706. The predicted molar refractivity (Wildman–Crippen MR) is 116 cm³/mol. The van der Waals surface area contributed by atoms with Crippen LogP contribution in [0.25, 0.3) is 0 Å². The van der Waals surface area contributed by atoms with Crippen molar-refractivity contribution in [1.82, 2.24) is 0 Å². The largest absolute Gasteiger partial charge is 0.393 e. The quantitative estimate of drug-likeness (QED) is 0.584. The number of fused-ring (bicyclic) bond motifs is 5. The summed E-state index contributed by atoms with van der Waals surface area (Å²) in [7, 11) is -3.84. The summed E-state index contributed by atoms with van der Waals surface area (Å²) in [5, 5.41) is 10.2. The Balaban J connectivity index is 1.46. The van der Waals surface area contributed by atoms with Gasteiger partial charge in [-0.1, -0.05) is 20.8 Å². The Kier molecular flexibility index (Phi) is 5.92. The molecular weight excluding hydrogens is 384 g/mol. The maximum absolute atomic E-state index is 11.1. The summed E-state index contributed by atoms with van der Waals surface area (Å²) in [6.07, 6.45) is 12.6. The van der Waals surface area contributed by atoms with Crippen LogP contribution in [0, 0.1) is 46.3 Å². The van der Waals surface area contributed by atoms with Gasteiger partial charge in [-0.05, 0) is 117 Å². The SMILES string of the molecule is C[C@H](CCCS(=O)(=O)O)C1CCC2C3CC[C@H]4C[C@@H](O)CC[C@]4(C)C3CC[C@@]21C. The van der Waals surface area contributed by atoms with Gasteiger partial charge < -0.3 is 5.11 Å².